The summed E-state index contributed by atoms with van der Waals surface area (Å²) in [6, 6.07) is 21.5. The smallest absolute Gasteiger partial charge is 0.261 e. The third kappa shape index (κ3) is 2.94. The number of amides is 2. The van der Waals surface area contributed by atoms with Crippen LogP contribution >= 0.6 is 0 Å². The van der Waals surface area contributed by atoms with Crippen molar-refractivity contribution in [3.63, 3.8) is 0 Å². The van der Waals surface area contributed by atoms with Gasteiger partial charge in [0.25, 0.3) is 11.8 Å². The van der Waals surface area contributed by atoms with E-state index < -0.39 is 0 Å². The van der Waals surface area contributed by atoms with Crippen LogP contribution in [0.25, 0.3) is 10.8 Å². The van der Waals surface area contributed by atoms with Gasteiger partial charge in [-0.3, -0.25) is 14.5 Å². The molecule has 0 saturated carbocycles. The largest absolute Gasteiger partial charge is 0.385 e. The molecule has 0 radical (unpaired) electrons. The van der Waals surface area contributed by atoms with E-state index in [0.717, 1.165) is 25.1 Å². The number of fused-ring (bicyclic) bond motifs is 2. The van der Waals surface area contributed by atoms with Gasteiger partial charge in [0.2, 0.25) is 0 Å². The van der Waals surface area contributed by atoms with Crippen LogP contribution in [-0.2, 0) is 0 Å². The molecule has 1 aliphatic heterocycles. The maximum atomic E-state index is 12.3. The summed E-state index contributed by atoms with van der Waals surface area (Å²) in [7, 11) is 0. The van der Waals surface area contributed by atoms with Gasteiger partial charge >= 0.3 is 0 Å². The molecule has 4 heteroatoms. The number of benzene rings is 3. The molecule has 0 spiro atoms. The highest BCUT2D eigenvalue weighted by molar-refractivity contribution is 6.21. The summed E-state index contributed by atoms with van der Waals surface area (Å²) >= 11 is 0. The van der Waals surface area contributed by atoms with Gasteiger partial charge in [-0.25, -0.2) is 0 Å². The monoisotopic (exact) mass is 344 g/mol. The summed E-state index contributed by atoms with van der Waals surface area (Å²) in [6.45, 7) is 1.26. The van der Waals surface area contributed by atoms with Crippen molar-refractivity contribution in [3.05, 3.63) is 77.9 Å². The lowest BCUT2D eigenvalue weighted by Gasteiger charge is -2.14. The minimum absolute atomic E-state index is 0.174. The molecule has 4 nitrogen and oxygen atoms in total. The summed E-state index contributed by atoms with van der Waals surface area (Å²) in [5.41, 5.74) is 2.15. The highest BCUT2D eigenvalue weighted by atomic mass is 16.2. The van der Waals surface area contributed by atoms with E-state index in [2.05, 4.69) is 29.6 Å². The van der Waals surface area contributed by atoms with E-state index in [0.29, 0.717) is 17.7 Å². The minimum Gasteiger partial charge on any atom is -0.385 e. The summed E-state index contributed by atoms with van der Waals surface area (Å²) in [6.07, 6.45) is 1.67. The number of anilines is 1. The van der Waals surface area contributed by atoms with Crippen molar-refractivity contribution in [2.75, 3.05) is 18.4 Å². The van der Waals surface area contributed by atoms with Crippen molar-refractivity contribution < 1.29 is 9.59 Å². The van der Waals surface area contributed by atoms with E-state index in [-0.39, 0.29) is 11.8 Å². The van der Waals surface area contributed by atoms with Gasteiger partial charge in [0, 0.05) is 24.2 Å². The second-order valence-electron chi connectivity index (χ2n) is 6.47. The first-order valence-electron chi connectivity index (χ1n) is 8.92. The van der Waals surface area contributed by atoms with Gasteiger partial charge in [-0.2, -0.15) is 0 Å². The molecule has 26 heavy (non-hydrogen) atoms. The first-order valence-corrected chi connectivity index (χ1v) is 8.92. The third-order valence-corrected chi connectivity index (χ3v) is 4.79. The number of carbonyl (C=O) groups excluding carboxylic acids is 2. The molecule has 1 N–H and O–H groups in total. The van der Waals surface area contributed by atoms with Crippen LogP contribution in [0.1, 0.15) is 33.6 Å². The van der Waals surface area contributed by atoms with Crippen LogP contribution in [0.3, 0.4) is 0 Å². The Bertz CT molecular complexity index is 940. The van der Waals surface area contributed by atoms with Crippen LogP contribution in [0.4, 0.5) is 5.69 Å². The zero-order valence-electron chi connectivity index (χ0n) is 14.4. The van der Waals surface area contributed by atoms with Crippen molar-refractivity contribution in [1.82, 2.24) is 4.90 Å². The number of imide groups is 1. The second-order valence-corrected chi connectivity index (χ2v) is 6.47. The fraction of sp³-hybridized carbons (Fsp3) is 0.182. The van der Waals surface area contributed by atoms with Crippen molar-refractivity contribution in [3.8, 4) is 0 Å². The molecule has 1 aliphatic rings. The molecule has 1 heterocycles. The SMILES string of the molecule is O=C1c2ccccc2C(=O)N1CCCCNc1cccc2ccccc12. The number of hydrogen-bond donors (Lipinski definition) is 1. The van der Waals surface area contributed by atoms with E-state index in [1.54, 1.807) is 24.3 Å². The van der Waals surface area contributed by atoms with E-state index >= 15 is 0 Å². The molecular weight excluding hydrogens is 324 g/mol. The number of nitrogens with zero attached hydrogens (tertiary/aromatic N) is 1. The van der Waals surface area contributed by atoms with Crippen LogP contribution in [0.2, 0.25) is 0 Å². The molecule has 2 amide bonds. The van der Waals surface area contributed by atoms with Crippen LogP contribution in [-0.4, -0.2) is 29.8 Å². The van der Waals surface area contributed by atoms with Crippen molar-refractivity contribution >= 4 is 28.3 Å². The van der Waals surface area contributed by atoms with Gasteiger partial charge in [-0.1, -0.05) is 48.5 Å². The normalized spacial score (nSPS) is 13.3. The Morgan fingerprint density at radius 2 is 1.38 bits per heavy atom. The van der Waals surface area contributed by atoms with Gasteiger partial charge in [-0.05, 0) is 36.4 Å². The Kier molecular flexibility index (Phi) is 4.40. The molecule has 0 unspecified atom stereocenters. The van der Waals surface area contributed by atoms with Crippen molar-refractivity contribution in [2.45, 2.75) is 12.8 Å². The Hall–Kier alpha value is -3.14. The molecule has 3 aromatic rings. The fourth-order valence-electron chi connectivity index (χ4n) is 3.44. The van der Waals surface area contributed by atoms with Gasteiger partial charge in [-0.15, -0.1) is 0 Å². The molecule has 0 aliphatic carbocycles. The van der Waals surface area contributed by atoms with Crippen LogP contribution in [0.15, 0.2) is 66.7 Å². The predicted octanol–water partition coefficient (Wildman–Crippen LogP) is 4.33. The first-order chi connectivity index (χ1) is 12.8. The maximum absolute atomic E-state index is 12.3. The Morgan fingerprint density at radius 3 is 2.15 bits per heavy atom. The summed E-state index contributed by atoms with van der Waals surface area (Å²) in [5.74, 6) is -0.347. The lowest BCUT2D eigenvalue weighted by atomic mass is 10.1. The third-order valence-electron chi connectivity index (χ3n) is 4.79. The molecular formula is C22H20N2O2. The highest BCUT2D eigenvalue weighted by Gasteiger charge is 2.34. The number of nitrogens with one attached hydrogen (secondary N) is 1. The van der Waals surface area contributed by atoms with E-state index in [4.69, 9.17) is 0 Å². The van der Waals surface area contributed by atoms with Crippen LogP contribution < -0.4 is 5.32 Å². The first kappa shape index (κ1) is 16.3. The van der Waals surface area contributed by atoms with Crippen LogP contribution in [0, 0.1) is 0 Å². The van der Waals surface area contributed by atoms with E-state index in [1.807, 2.05) is 18.2 Å². The zero-order valence-corrected chi connectivity index (χ0v) is 14.4. The second kappa shape index (κ2) is 7.00. The molecule has 0 atom stereocenters. The molecule has 0 saturated heterocycles. The zero-order chi connectivity index (χ0) is 17.9. The standard InChI is InChI=1S/C22H20N2O2/c25-21-18-11-3-4-12-19(18)22(26)24(21)15-6-5-14-23-20-13-7-9-16-8-1-2-10-17(16)20/h1-4,7-13,23H,5-6,14-15H2. The van der Waals surface area contributed by atoms with E-state index in [1.165, 1.54) is 15.7 Å². The molecule has 4 rings (SSSR count). The molecule has 130 valence electrons. The number of unbranched alkanes of at least 4 members (excludes halogenated alkanes) is 1. The molecule has 0 aromatic heterocycles. The van der Waals surface area contributed by atoms with E-state index in [9.17, 15) is 9.59 Å². The Balaban J connectivity index is 1.31. The quantitative estimate of drug-likeness (QED) is 0.535. The maximum Gasteiger partial charge on any atom is 0.261 e. The summed E-state index contributed by atoms with van der Waals surface area (Å²) in [4.78, 5) is 26.0. The average molecular weight is 344 g/mol. The summed E-state index contributed by atoms with van der Waals surface area (Å²) in [5, 5.41) is 5.88. The molecule has 0 fully saturated rings. The minimum atomic E-state index is -0.174. The lowest BCUT2D eigenvalue weighted by molar-refractivity contribution is 0.0652. The van der Waals surface area contributed by atoms with Crippen LogP contribution in [0.5, 0.6) is 0 Å². The number of hydrogen-bond acceptors (Lipinski definition) is 3. The Labute approximate surface area is 152 Å². The number of rotatable bonds is 6. The lowest BCUT2D eigenvalue weighted by Crippen LogP contribution is -2.30. The fourth-order valence-corrected chi connectivity index (χ4v) is 3.44. The van der Waals surface area contributed by atoms with Crippen molar-refractivity contribution in [2.24, 2.45) is 0 Å². The topological polar surface area (TPSA) is 49.4 Å². The average Bonchev–Trinajstić information content (AvgIpc) is 2.93. The number of carbonyl (C=O) groups is 2. The summed E-state index contributed by atoms with van der Waals surface area (Å²) < 4.78 is 0. The van der Waals surface area contributed by atoms with Gasteiger partial charge < -0.3 is 5.32 Å². The Morgan fingerprint density at radius 1 is 0.731 bits per heavy atom. The highest BCUT2D eigenvalue weighted by Crippen LogP contribution is 2.24. The predicted molar refractivity (Wildman–Crippen MR) is 103 cm³/mol. The van der Waals surface area contributed by atoms with Gasteiger partial charge in [0.15, 0.2) is 0 Å². The van der Waals surface area contributed by atoms with Gasteiger partial charge in [0.05, 0.1) is 11.1 Å². The molecule has 0 bridgehead atoms. The van der Waals surface area contributed by atoms with Crippen molar-refractivity contribution in [1.29, 1.82) is 0 Å². The van der Waals surface area contributed by atoms with Gasteiger partial charge in [0.1, 0.15) is 0 Å². The molecule has 3 aromatic carbocycles.